The van der Waals surface area contributed by atoms with E-state index < -0.39 is 0 Å². The van der Waals surface area contributed by atoms with Crippen LogP contribution in [0.15, 0.2) is 18.2 Å². The summed E-state index contributed by atoms with van der Waals surface area (Å²) in [6.45, 7) is 9.39. The van der Waals surface area contributed by atoms with E-state index in [1.807, 2.05) is 0 Å². The number of fused-ring (bicyclic) bond motifs is 2. The van der Waals surface area contributed by atoms with Crippen LogP contribution in [-0.2, 0) is 0 Å². The SMILES string of the molecule is Cc1ccc(C)c(N2CCN([C@H]3CC[C@H]4CC[C@H]3C4)CC2)c1. The van der Waals surface area contributed by atoms with Gasteiger partial charge in [0.2, 0.25) is 0 Å². The van der Waals surface area contributed by atoms with Crippen molar-refractivity contribution < 1.29 is 0 Å². The third kappa shape index (κ3) is 2.67. The Morgan fingerprint density at radius 2 is 1.68 bits per heavy atom. The van der Waals surface area contributed by atoms with Crippen LogP contribution in [0.3, 0.4) is 0 Å². The van der Waals surface area contributed by atoms with Crippen LogP contribution in [0, 0.1) is 25.7 Å². The minimum Gasteiger partial charge on any atom is -0.369 e. The molecule has 3 atom stereocenters. The number of anilines is 1. The lowest BCUT2D eigenvalue weighted by Gasteiger charge is -2.44. The van der Waals surface area contributed by atoms with Crippen molar-refractivity contribution in [3.8, 4) is 0 Å². The molecule has 3 fully saturated rings. The van der Waals surface area contributed by atoms with Gasteiger partial charge in [0.25, 0.3) is 0 Å². The predicted molar refractivity (Wildman–Crippen MR) is 93.6 cm³/mol. The summed E-state index contributed by atoms with van der Waals surface area (Å²) in [5.41, 5.74) is 4.27. The molecule has 2 heteroatoms. The van der Waals surface area contributed by atoms with Gasteiger partial charge in [-0.1, -0.05) is 18.6 Å². The molecule has 4 rings (SSSR count). The number of aryl methyl sites for hydroxylation is 2. The van der Waals surface area contributed by atoms with E-state index in [0.717, 1.165) is 17.9 Å². The molecule has 120 valence electrons. The molecule has 0 N–H and O–H groups in total. The zero-order chi connectivity index (χ0) is 15.1. The zero-order valence-electron chi connectivity index (χ0n) is 14.2. The minimum absolute atomic E-state index is 0.902. The fraction of sp³-hybridized carbons (Fsp3) is 0.700. The molecule has 0 aromatic heterocycles. The van der Waals surface area contributed by atoms with Crippen LogP contribution in [0.2, 0.25) is 0 Å². The summed E-state index contributed by atoms with van der Waals surface area (Å²) in [6, 6.07) is 7.77. The molecule has 1 aromatic rings. The van der Waals surface area contributed by atoms with Gasteiger partial charge in [-0.15, -0.1) is 0 Å². The molecular formula is C20H30N2. The number of nitrogens with zero attached hydrogens (tertiary/aromatic N) is 2. The second kappa shape index (κ2) is 5.88. The third-order valence-corrected chi connectivity index (χ3v) is 6.49. The van der Waals surface area contributed by atoms with E-state index in [1.54, 1.807) is 0 Å². The molecule has 2 nitrogen and oxygen atoms in total. The summed E-state index contributed by atoms with van der Waals surface area (Å²) >= 11 is 0. The van der Waals surface area contributed by atoms with Crippen LogP contribution in [0.25, 0.3) is 0 Å². The lowest BCUT2D eigenvalue weighted by molar-refractivity contribution is 0.103. The lowest BCUT2D eigenvalue weighted by Crippen LogP contribution is -2.53. The van der Waals surface area contributed by atoms with Crippen LogP contribution in [0.4, 0.5) is 5.69 Å². The van der Waals surface area contributed by atoms with Gasteiger partial charge in [0, 0.05) is 37.9 Å². The summed E-state index contributed by atoms with van der Waals surface area (Å²) in [4.78, 5) is 5.44. The average molecular weight is 298 g/mol. The number of piperazine rings is 1. The molecule has 0 spiro atoms. The molecular weight excluding hydrogens is 268 g/mol. The van der Waals surface area contributed by atoms with E-state index in [9.17, 15) is 0 Å². The molecule has 1 aliphatic heterocycles. The first-order chi connectivity index (χ1) is 10.7. The van der Waals surface area contributed by atoms with Crippen molar-refractivity contribution in [3.05, 3.63) is 29.3 Å². The topological polar surface area (TPSA) is 6.48 Å². The highest BCUT2D eigenvalue weighted by Crippen LogP contribution is 2.44. The number of hydrogen-bond acceptors (Lipinski definition) is 2. The normalized spacial score (nSPS) is 32.5. The highest BCUT2D eigenvalue weighted by atomic mass is 15.3. The Labute approximate surface area is 135 Å². The Kier molecular flexibility index (Phi) is 3.89. The van der Waals surface area contributed by atoms with Crippen LogP contribution < -0.4 is 4.90 Å². The van der Waals surface area contributed by atoms with E-state index >= 15 is 0 Å². The smallest absolute Gasteiger partial charge is 0.0399 e. The Balaban J connectivity index is 1.41. The third-order valence-electron chi connectivity index (χ3n) is 6.49. The van der Waals surface area contributed by atoms with E-state index in [1.165, 1.54) is 75.1 Å². The quantitative estimate of drug-likeness (QED) is 0.814. The Morgan fingerprint density at radius 1 is 0.909 bits per heavy atom. The van der Waals surface area contributed by atoms with Crippen LogP contribution in [-0.4, -0.2) is 37.1 Å². The molecule has 1 aromatic carbocycles. The van der Waals surface area contributed by atoms with Crippen LogP contribution in [0.1, 0.15) is 43.2 Å². The first kappa shape index (κ1) is 14.6. The van der Waals surface area contributed by atoms with E-state index in [0.29, 0.717) is 0 Å². The van der Waals surface area contributed by atoms with Gasteiger partial charge in [-0.3, -0.25) is 4.90 Å². The second-order valence-electron chi connectivity index (χ2n) is 7.90. The van der Waals surface area contributed by atoms with Gasteiger partial charge in [-0.2, -0.15) is 0 Å². The van der Waals surface area contributed by atoms with Crippen molar-refractivity contribution in [2.45, 2.75) is 52.0 Å². The van der Waals surface area contributed by atoms with Gasteiger partial charge in [0.05, 0.1) is 0 Å². The summed E-state index contributed by atoms with van der Waals surface area (Å²) in [7, 11) is 0. The molecule has 2 saturated carbocycles. The Bertz CT molecular complexity index is 531. The summed E-state index contributed by atoms with van der Waals surface area (Å²) < 4.78 is 0. The Hall–Kier alpha value is -1.02. The van der Waals surface area contributed by atoms with E-state index in [2.05, 4.69) is 41.8 Å². The fourth-order valence-corrected chi connectivity index (χ4v) is 5.20. The summed E-state index contributed by atoms with van der Waals surface area (Å²) in [6.07, 6.45) is 7.52. The van der Waals surface area contributed by atoms with Crippen LogP contribution in [0.5, 0.6) is 0 Å². The lowest BCUT2D eigenvalue weighted by atomic mass is 9.84. The van der Waals surface area contributed by atoms with Gasteiger partial charge in [-0.25, -0.2) is 0 Å². The fourth-order valence-electron chi connectivity index (χ4n) is 5.20. The van der Waals surface area contributed by atoms with Crippen molar-refractivity contribution in [3.63, 3.8) is 0 Å². The van der Waals surface area contributed by atoms with Gasteiger partial charge < -0.3 is 4.90 Å². The van der Waals surface area contributed by atoms with Gasteiger partial charge in [-0.05, 0) is 68.6 Å². The predicted octanol–water partition coefficient (Wildman–Crippen LogP) is 4.00. The molecule has 22 heavy (non-hydrogen) atoms. The minimum atomic E-state index is 0.902. The highest BCUT2D eigenvalue weighted by molar-refractivity contribution is 5.55. The van der Waals surface area contributed by atoms with Crippen molar-refractivity contribution in [2.75, 3.05) is 31.1 Å². The molecule has 0 amide bonds. The second-order valence-corrected chi connectivity index (χ2v) is 7.90. The van der Waals surface area contributed by atoms with Crippen molar-refractivity contribution in [1.82, 2.24) is 4.90 Å². The summed E-state index contributed by atoms with van der Waals surface area (Å²) in [5.74, 6) is 2.10. The summed E-state index contributed by atoms with van der Waals surface area (Å²) in [5, 5.41) is 0. The first-order valence-electron chi connectivity index (χ1n) is 9.27. The van der Waals surface area contributed by atoms with Crippen molar-refractivity contribution in [2.24, 2.45) is 11.8 Å². The molecule has 1 heterocycles. The standard InChI is InChI=1S/C20H30N2/c1-15-3-4-16(2)20(13-15)22-11-9-21(10-12-22)19-8-6-17-5-7-18(19)14-17/h3-4,13,17-19H,5-12,14H2,1-2H3/t17-,18+,19+/m1/s1. The average Bonchev–Trinajstić information content (AvgIpc) is 2.91. The number of rotatable bonds is 2. The zero-order valence-corrected chi connectivity index (χ0v) is 14.2. The maximum absolute atomic E-state index is 2.83. The maximum atomic E-state index is 2.83. The number of hydrogen-bond donors (Lipinski definition) is 0. The van der Waals surface area contributed by atoms with Gasteiger partial charge in [0.1, 0.15) is 0 Å². The molecule has 3 aliphatic rings. The van der Waals surface area contributed by atoms with Gasteiger partial charge in [0.15, 0.2) is 0 Å². The van der Waals surface area contributed by atoms with Crippen LogP contribution >= 0.6 is 0 Å². The molecule has 1 saturated heterocycles. The largest absolute Gasteiger partial charge is 0.369 e. The van der Waals surface area contributed by atoms with E-state index in [4.69, 9.17) is 0 Å². The highest BCUT2D eigenvalue weighted by Gasteiger charge is 2.39. The monoisotopic (exact) mass is 298 g/mol. The molecule has 2 aliphatic carbocycles. The van der Waals surface area contributed by atoms with Crippen molar-refractivity contribution >= 4 is 5.69 Å². The van der Waals surface area contributed by atoms with Crippen molar-refractivity contribution in [1.29, 1.82) is 0 Å². The van der Waals surface area contributed by atoms with Gasteiger partial charge >= 0.3 is 0 Å². The number of benzene rings is 1. The first-order valence-corrected chi connectivity index (χ1v) is 9.27. The molecule has 0 radical (unpaired) electrons. The maximum Gasteiger partial charge on any atom is 0.0399 e. The Morgan fingerprint density at radius 3 is 2.50 bits per heavy atom. The molecule has 0 unspecified atom stereocenters. The molecule has 2 bridgehead atoms. The van der Waals surface area contributed by atoms with E-state index in [-0.39, 0.29) is 0 Å².